The molecule has 0 aromatic carbocycles. The van der Waals surface area contributed by atoms with Crippen LogP contribution in [0.3, 0.4) is 0 Å². The van der Waals surface area contributed by atoms with Crippen molar-refractivity contribution < 1.29 is 23.1 Å². The molecule has 0 spiro atoms. The van der Waals surface area contributed by atoms with E-state index in [1.54, 1.807) is 6.20 Å². The summed E-state index contributed by atoms with van der Waals surface area (Å²) in [6.45, 7) is 3.04. The van der Waals surface area contributed by atoms with Crippen LogP contribution in [0.4, 0.5) is 13.2 Å². The molecule has 142 valence electrons. The summed E-state index contributed by atoms with van der Waals surface area (Å²) in [4.78, 5) is 13.0. The Bertz CT molecular complexity index is 685. The van der Waals surface area contributed by atoms with Crippen molar-refractivity contribution in [2.75, 3.05) is 13.1 Å². The van der Waals surface area contributed by atoms with E-state index in [2.05, 4.69) is 25.8 Å². The first kappa shape index (κ1) is 19.9. The maximum atomic E-state index is 10.6. The average Bonchev–Trinajstić information content (AvgIpc) is 3.10. The van der Waals surface area contributed by atoms with Gasteiger partial charge in [0.15, 0.2) is 0 Å². The van der Waals surface area contributed by atoms with Gasteiger partial charge >= 0.3 is 12.1 Å². The van der Waals surface area contributed by atoms with Gasteiger partial charge in [-0.25, -0.2) is 4.79 Å². The van der Waals surface area contributed by atoms with E-state index < -0.39 is 12.1 Å². The van der Waals surface area contributed by atoms with Gasteiger partial charge in [0.25, 0.3) is 0 Å². The minimum atomic E-state index is -5.08. The Labute approximate surface area is 148 Å². The van der Waals surface area contributed by atoms with Crippen molar-refractivity contribution in [3.8, 4) is 11.3 Å². The fourth-order valence-electron chi connectivity index (χ4n) is 2.49. The van der Waals surface area contributed by atoms with Crippen LogP contribution in [0, 0.1) is 0 Å². The number of carboxylic acid groups (broad SMARTS) is 1. The SMILES string of the molecule is O=C(O)C(F)(F)F.c1cncc(-c2[nH]ncc2CNC2CCCNC2)c1. The number of nitrogens with one attached hydrogen (secondary N) is 3. The van der Waals surface area contributed by atoms with Crippen LogP contribution in [0.15, 0.2) is 30.7 Å². The van der Waals surface area contributed by atoms with Crippen molar-refractivity contribution in [3.05, 3.63) is 36.3 Å². The van der Waals surface area contributed by atoms with Crippen LogP contribution in [0.5, 0.6) is 0 Å². The summed E-state index contributed by atoms with van der Waals surface area (Å²) in [6, 6.07) is 4.55. The van der Waals surface area contributed by atoms with Gasteiger partial charge in [-0.05, 0) is 31.5 Å². The van der Waals surface area contributed by atoms with Gasteiger partial charge < -0.3 is 15.7 Å². The second-order valence-corrected chi connectivity index (χ2v) is 5.74. The summed E-state index contributed by atoms with van der Waals surface area (Å²) >= 11 is 0. The highest BCUT2D eigenvalue weighted by molar-refractivity contribution is 5.73. The van der Waals surface area contributed by atoms with Gasteiger partial charge in [0.05, 0.1) is 11.9 Å². The number of H-pyrrole nitrogens is 1. The first-order valence-corrected chi connectivity index (χ1v) is 8.04. The number of carboxylic acids is 1. The van der Waals surface area contributed by atoms with Crippen LogP contribution in [0.25, 0.3) is 11.3 Å². The third kappa shape index (κ3) is 6.12. The Morgan fingerprint density at radius 2 is 2.15 bits per heavy atom. The molecule has 4 N–H and O–H groups in total. The zero-order valence-electron chi connectivity index (χ0n) is 13.9. The molecule has 1 atom stereocenters. The first-order valence-electron chi connectivity index (χ1n) is 8.04. The predicted octanol–water partition coefficient (Wildman–Crippen LogP) is 1.95. The second kappa shape index (κ2) is 9.30. The largest absolute Gasteiger partial charge is 0.490 e. The van der Waals surface area contributed by atoms with Crippen molar-refractivity contribution in [1.82, 2.24) is 25.8 Å². The molecule has 3 rings (SSSR count). The number of aromatic amines is 1. The monoisotopic (exact) mass is 371 g/mol. The smallest absolute Gasteiger partial charge is 0.475 e. The summed E-state index contributed by atoms with van der Waals surface area (Å²) < 4.78 is 31.7. The van der Waals surface area contributed by atoms with Crippen molar-refractivity contribution in [2.24, 2.45) is 0 Å². The Kier molecular flexibility index (Phi) is 7.10. The molecule has 0 amide bonds. The van der Waals surface area contributed by atoms with Crippen molar-refractivity contribution in [1.29, 1.82) is 0 Å². The lowest BCUT2D eigenvalue weighted by atomic mass is 10.1. The summed E-state index contributed by atoms with van der Waals surface area (Å²) in [6.07, 6.45) is 2.95. The number of hydrogen-bond donors (Lipinski definition) is 4. The van der Waals surface area contributed by atoms with Crippen LogP contribution in [0.1, 0.15) is 18.4 Å². The minimum absolute atomic E-state index is 0.561. The molecule has 0 aliphatic carbocycles. The Morgan fingerprint density at radius 3 is 2.73 bits per heavy atom. The number of aliphatic carboxylic acids is 1. The Balaban J connectivity index is 0.000000298. The average molecular weight is 371 g/mol. The van der Waals surface area contributed by atoms with E-state index in [9.17, 15) is 13.2 Å². The molecule has 2 aromatic rings. The van der Waals surface area contributed by atoms with Gasteiger partial charge in [-0.15, -0.1) is 0 Å². The normalized spacial score (nSPS) is 17.3. The summed E-state index contributed by atoms with van der Waals surface area (Å²) in [5, 5.41) is 21.3. The number of pyridine rings is 1. The zero-order valence-corrected chi connectivity index (χ0v) is 13.9. The molecule has 3 heterocycles. The minimum Gasteiger partial charge on any atom is -0.475 e. The summed E-state index contributed by atoms with van der Waals surface area (Å²) in [5.41, 5.74) is 3.33. The molecular formula is C16H20F3N5O2. The van der Waals surface area contributed by atoms with Crippen LogP contribution in [0.2, 0.25) is 0 Å². The van der Waals surface area contributed by atoms with Gasteiger partial charge in [-0.3, -0.25) is 10.1 Å². The number of rotatable bonds is 4. The highest BCUT2D eigenvalue weighted by Gasteiger charge is 2.38. The fraction of sp³-hybridized carbons (Fsp3) is 0.438. The van der Waals surface area contributed by atoms with Crippen molar-refractivity contribution >= 4 is 5.97 Å². The van der Waals surface area contributed by atoms with Gasteiger partial charge in [0, 0.05) is 42.7 Å². The second-order valence-electron chi connectivity index (χ2n) is 5.74. The standard InChI is InChI=1S/C14H19N5.C2HF3O2/c1-3-11(7-15-5-1)14-12(9-18-19-14)8-17-13-4-2-6-16-10-13;3-2(4,5)1(6)7/h1,3,5,7,9,13,16-17H,2,4,6,8,10H2,(H,18,19);(H,6,7). The van der Waals surface area contributed by atoms with Crippen molar-refractivity contribution in [2.45, 2.75) is 31.6 Å². The molecule has 0 saturated carbocycles. The van der Waals surface area contributed by atoms with Crippen LogP contribution >= 0.6 is 0 Å². The van der Waals surface area contributed by atoms with Crippen LogP contribution in [-0.4, -0.2) is 51.6 Å². The predicted molar refractivity (Wildman–Crippen MR) is 88.2 cm³/mol. The molecule has 1 unspecified atom stereocenters. The molecule has 7 nitrogen and oxygen atoms in total. The maximum absolute atomic E-state index is 10.6. The van der Waals surface area contributed by atoms with Gasteiger partial charge in [-0.1, -0.05) is 0 Å². The number of nitrogens with zero attached hydrogens (tertiary/aromatic N) is 2. The molecule has 1 saturated heterocycles. The Hall–Kier alpha value is -2.46. The van der Waals surface area contributed by atoms with E-state index in [1.807, 2.05) is 24.5 Å². The number of halogens is 3. The van der Waals surface area contributed by atoms with E-state index in [-0.39, 0.29) is 0 Å². The van der Waals surface area contributed by atoms with E-state index >= 15 is 0 Å². The highest BCUT2D eigenvalue weighted by Crippen LogP contribution is 2.19. The highest BCUT2D eigenvalue weighted by atomic mass is 19.4. The van der Waals surface area contributed by atoms with Crippen LogP contribution in [-0.2, 0) is 11.3 Å². The third-order valence-corrected chi connectivity index (χ3v) is 3.79. The summed E-state index contributed by atoms with van der Waals surface area (Å²) in [5.74, 6) is -2.76. The molecule has 2 aromatic heterocycles. The molecule has 1 fully saturated rings. The lowest BCUT2D eigenvalue weighted by Gasteiger charge is -2.23. The Morgan fingerprint density at radius 1 is 1.38 bits per heavy atom. The maximum Gasteiger partial charge on any atom is 0.490 e. The first-order chi connectivity index (χ1) is 12.4. The van der Waals surface area contributed by atoms with E-state index in [0.717, 1.165) is 30.9 Å². The van der Waals surface area contributed by atoms with Gasteiger partial charge in [0.1, 0.15) is 0 Å². The number of hydrogen-bond acceptors (Lipinski definition) is 5. The summed E-state index contributed by atoms with van der Waals surface area (Å²) in [7, 11) is 0. The topological polar surface area (TPSA) is 103 Å². The number of alkyl halides is 3. The molecular weight excluding hydrogens is 351 g/mol. The van der Waals surface area contributed by atoms with E-state index in [4.69, 9.17) is 9.90 Å². The molecule has 26 heavy (non-hydrogen) atoms. The fourth-order valence-corrected chi connectivity index (χ4v) is 2.49. The zero-order chi connectivity index (χ0) is 19.0. The lowest BCUT2D eigenvalue weighted by Crippen LogP contribution is -2.42. The van der Waals surface area contributed by atoms with Crippen LogP contribution < -0.4 is 10.6 Å². The molecule has 1 aliphatic rings. The number of carbonyl (C=O) groups is 1. The molecule has 0 bridgehead atoms. The molecule has 1 aliphatic heterocycles. The quantitative estimate of drug-likeness (QED) is 0.655. The van der Waals surface area contributed by atoms with E-state index in [1.165, 1.54) is 18.4 Å². The molecule has 10 heteroatoms. The molecule has 0 radical (unpaired) electrons. The third-order valence-electron chi connectivity index (χ3n) is 3.79. The van der Waals surface area contributed by atoms with E-state index in [0.29, 0.717) is 6.04 Å². The van der Waals surface area contributed by atoms with Crippen molar-refractivity contribution in [3.63, 3.8) is 0 Å². The number of piperidine rings is 1. The van der Waals surface area contributed by atoms with Gasteiger partial charge in [-0.2, -0.15) is 18.3 Å². The number of aromatic nitrogens is 3. The lowest BCUT2D eigenvalue weighted by molar-refractivity contribution is -0.192. The van der Waals surface area contributed by atoms with Gasteiger partial charge in [0.2, 0.25) is 0 Å².